The van der Waals surface area contributed by atoms with Crippen molar-refractivity contribution in [1.82, 2.24) is 11.0 Å². The highest BCUT2D eigenvalue weighted by atomic mass is 16.8. The van der Waals surface area contributed by atoms with Crippen molar-refractivity contribution in [3.05, 3.63) is 12.4 Å². The molecule has 5 heavy (non-hydrogen) atoms. The summed E-state index contributed by atoms with van der Waals surface area (Å²) in [6.07, 6.45) is 3.31. The van der Waals surface area contributed by atoms with Crippen LogP contribution in [-0.2, 0) is 4.94 Å². The standard InChI is InChI=1S/C2H4N2O/c1-2-4-5-3-1/h1-4H. The molecule has 0 aromatic carbocycles. The van der Waals surface area contributed by atoms with E-state index in [1.165, 1.54) is 0 Å². The summed E-state index contributed by atoms with van der Waals surface area (Å²) in [6.45, 7) is 0. The molecule has 0 unspecified atom stereocenters. The normalized spacial score (nSPS) is 17.6. The zero-order valence-electron chi connectivity index (χ0n) is 2.56. The minimum absolute atomic E-state index is 1.65. The van der Waals surface area contributed by atoms with Crippen LogP contribution in [0.3, 0.4) is 0 Å². The molecule has 0 saturated carbocycles. The van der Waals surface area contributed by atoms with Gasteiger partial charge in [0.15, 0.2) is 0 Å². The maximum absolute atomic E-state index is 4.33. The van der Waals surface area contributed by atoms with Crippen LogP contribution in [0.4, 0.5) is 0 Å². The van der Waals surface area contributed by atoms with Crippen molar-refractivity contribution in [3.8, 4) is 0 Å². The van der Waals surface area contributed by atoms with Crippen molar-refractivity contribution in [2.45, 2.75) is 0 Å². The smallest absolute Gasteiger partial charge is 0.0449 e. The Bertz CT molecular complexity index is 45.6. The summed E-state index contributed by atoms with van der Waals surface area (Å²) in [4.78, 5) is 4.33. The lowest BCUT2D eigenvalue weighted by Gasteiger charge is -1.83. The first kappa shape index (κ1) is 2.53. The molecule has 0 aliphatic carbocycles. The molecule has 0 atom stereocenters. The predicted octanol–water partition coefficient (Wildman–Crippen LogP) is -0.503. The minimum Gasteiger partial charge on any atom is -0.248 e. The quantitative estimate of drug-likeness (QED) is 0.404. The van der Waals surface area contributed by atoms with E-state index in [1.807, 2.05) is 0 Å². The Morgan fingerprint density at radius 3 is 2.00 bits per heavy atom. The summed E-state index contributed by atoms with van der Waals surface area (Å²) in [5, 5.41) is 0. The fraction of sp³-hybridized carbons (Fsp3) is 0. The topological polar surface area (TPSA) is 33.3 Å². The van der Waals surface area contributed by atoms with E-state index in [4.69, 9.17) is 0 Å². The van der Waals surface area contributed by atoms with Gasteiger partial charge in [0, 0.05) is 12.4 Å². The Labute approximate surface area is 29.5 Å². The third-order valence-electron chi connectivity index (χ3n) is 0.337. The molecule has 0 bridgehead atoms. The fourth-order valence-electron chi connectivity index (χ4n) is 0.170. The molecule has 0 aromatic heterocycles. The Balaban J connectivity index is 2.32. The first-order chi connectivity index (χ1) is 2.50. The number of nitrogens with one attached hydrogen (secondary N) is 2. The van der Waals surface area contributed by atoms with E-state index in [9.17, 15) is 0 Å². The molecule has 3 heteroatoms. The minimum atomic E-state index is 1.65. The third kappa shape index (κ3) is 0.302. The Morgan fingerprint density at radius 1 is 1.20 bits per heavy atom. The first-order valence-corrected chi connectivity index (χ1v) is 1.32. The van der Waals surface area contributed by atoms with Gasteiger partial charge >= 0.3 is 0 Å². The van der Waals surface area contributed by atoms with Crippen LogP contribution in [0.15, 0.2) is 12.4 Å². The fourth-order valence-corrected chi connectivity index (χ4v) is 0.170. The monoisotopic (exact) mass is 72.0 g/mol. The van der Waals surface area contributed by atoms with E-state index in [1.54, 1.807) is 12.4 Å². The van der Waals surface area contributed by atoms with E-state index in [0.29, 0.717) is 0 Å². The predicted molar refractivity (Wildman–Crippen MR) is 16.5 cm³/mol. The largest absolute Gasteiger partial charge is 0.248 e. The molecule has 0 aromatic rings. The van der Waals surface area contributed by atoms with Crippen molar-refractivity contribution < 1.29 is 4.94 Å². The molecule has 2 N–H and O–H groups in total. The van der Waals surface area contributed by atoms with Gasteiger partial charge in [0.25, 0.3) is 0 Å². The van der Waals surface area contributed by atoms with Crippen LogP contribution in [0.1, 0.15) is 0 Å². The molecule has 0 radical (unpaired) electrons. The lowest BCUT2D eigenvalue weighted by Crippen LogP contribution is -2.06. The number of rotatable bonds is 0. The van der Waals surface area contributed by atoms with Gasteiger partial charge in [0.2, 0.25) is 0 Å². The zero-order valence-corrected chi connectivity index (χ0v) is 2.56. The van der Waals surface area contributed by atoms with Gasteiger partial charge in [-0.2, -0.15) is 4.94 Å². The van der Waals surface area contributed by atoms with Crippen molar-refractivity contribution in [2.75, 3.05) is 0 Å². The maximum atomic E-state index is 4.33. The van der Waals surface area contributed by atoms with Crippen LogP contribution in [0, 0.1) is 0 Å². The SMILES string of the molecule is C1=CNON1. The Kier molecular flexibility index (Phi) is 0.478. The highest BCUT2D eigenvalue weighted by Crippen LogP contribution is 1.67. The van der Waals surface area contributed by atoms with Gasteiger partial charge < -0.3 is 0 Å². The van der Waals surface area contributed by atoms with Gasteiger partial charge in [0.1, 0.15) is 0 Å². The lowest BCUT2D eigenvalue weighted by molar-refractivity contribution is 0.0335. The van der Waals surface area contributed by atoms with Gasteiger partial charge in [0.05, 0.1) is 0 Å². The summed E-state index contributed by atoms with van der Waals surface area (Å²) < 4.78 is 0. The highest BCUT2D eigenvalue weighted by molar-refractivity contribution is 4.72. The molecule has 0 fully saturated rings. The van der Waals surface area contributed by atoms with Crippen molar-refractivity contribution in [2.24, 2.45) is 0 Å². The number of hydrogen-bond acceptors (Lipinski definition) is 3. The van der Waals surface area contributed by atoms with Gasteiger partial charge in [-0.25, -0.2) is 11.0 Å². The van der Waals surface area contributed by atoms with Crippen LogP contribution in [-0.4, -0.2) is 0 Å². The van der Waals surface area contributed by atoms with Crippen LogP contribution >= 0.6 is 0 Å². The van der Waals surface area contributed by atoms with E-state index < -0.39 is 0 Å². The highest BCUT2D eigenvalue weighted by Gasteiger charge is 1.77. The summed E-state index contributed by atoms with van der Waals surface area (Å²) in [5.74, 6) is 0. The first-order valence-electron chi connectivity index (χ1n) is 1.32. The maximum Gasteiger partial charge on any atom is 0.0449 e. The summed E-state index contributed by atoms with van der Waals surface area (Å²) in [5.41, 5.74) is 4.86. The van der Waals surface area contributed by atoms with Crippen LogP contribution in [0.25, 0.3) is 0 Å². The van der Waals surface area contributed by atoms with Gasteiger partial charge in [-0.15, -0.1) is 0 Å². The summed E-state index contributed by atoms with van der Waals surface area (Å²) >= 11 is 0. The van der Waals surface area contributed by atoms with Crippen molar-refractivity contribution >= 4 is 0 Å². The molecule has 1 rings (SSSR count). The summed E-state index contributed by atoms with van der Waals surface area (Å²) in [7, 11) is 0. The second-order valence-corrected chi connectivity index (χ2v) is 0.671. The molecular formula is C2H4N2O. The second-order valence-electron chi connectivity index (χ2n) is 0.671. The Hall–Kier alpha value is -0.700. The summed E-state index contributed by atoms with van der Waals surface area (Å²) in [6, 6.07) is 0. The second kappa shape index (κ2) is 0.944. The molecule has 1 heterocycles. The van der Waals surface area contributed by atoms with E-state index >= 15 is 0 Å². The molecule has 1 aliphatic heterocycles. The zero-order chi connectivity index (χ0) is 3.54. The van der Waals surface area contributed by atoms with Crippen LogP contribution in [0.5, 0.6) is 0 Å². The molecular weight excluding hydrogens is 68.0 g/mol. The van der Waals surface area contributed by atoms with Gasteiger partial charge in [-0.1, -0.05) is 0 Å². The average Bonchev–Trinajstić information content (AvgIpc) is 1.76. The molecule has 0 saturated heterocycles. The molecule has 0 amide bonds. The Morgan fingerprint density at radius 2 is 1.80 bits per heavy atom. The van der Waals surface area contributed by atoms with E-state index in [0.717, 1.165) is 0 Å². The van der Waals surface area contributed by atoms with E-state index in [-0.39, 0.29) is 0 Å². The van der Waals surface area contributed by atoms with Gasteiger partial charge in [-0.3, -0.25) is 0 Å². The molecule has 0 spiro atoms. The number of hydroxylamine groups is 2. The molecule has 28 valence electrons. The van der Waals surface area contributed by atoms with Crippen molar-refractivity contribution in [3.63, 3.8) is 0 Å². The van der Waals surface area contributed by atoms with Crippen LogP contribution in [0.2, 0.25) is 0 Å². The van der Waals surface area contributed by atoms with Crippen LogP contribution < -0.4 is 11.0 Å². The van der Waals surface area contributed by atoms with E-state index in [2.05, 4.69) is 15.9 Å². The van der Waals surface area contributed by atoms with Crippen molar-refractivity contribution in [1.29, 1.82) is 0 Å². The lowest BCUT2D eigenvalue weighted by atomic mass is 11.0. The molecule has 3 nitrogen and oxygen atoms in total. The van der Waals surface area contributed by atoms with Gasteiger partial charge in [-0.05, 0) is 0 Å². The molecule has 1 aliphatic rings. The third-order valence-corrected chi connectivity index (χ3v) is 0.337. The average molecular weight is 72.1 g/mol. The number of hydrogen-bond donors (Lipinski definition) is 2.